The number of carbonyl (C=O) groups is 1. The highest BCUT2D eigenvalue weighted by Gasteiger charge is 2.22. The van der Waals surface area contributed by atoms with Crippen molar-refractivity contribution in [2.45, 2.75) is 39.5 Å². The normalized spacial score (nSPS) is 11.1. The molecule has 170 valence electrons. The molecule has 0 amide bonds. The number of fused-ring (bicyclic) bond motifs is 2. The quantitative estimate of drug-likeness (QED) is 0.163. The maximum Gasteiger partial charge on any atom is 0.338 e. The number of esters is 1. The summed E-state index contributed by atoms with van der Waals surface area (Å²) in [7, 11) is 0. The standard InChI is InChI=1S/C28H28O5/c1-3-5-15-31-20-12-14-24-26(18-20)33-25-17-19(29)11-13-23(25)27(24)21-9-7-8-10-22(21)28(30)32-16-6-4-2/h7-14,17-18H,3-6,15-16H2,1-2H3. The summed E-state index contributed by atoms with van der Waals surface area (Å²) >= 11 is 0. The van der Waals surface area contributed by atoms with Gasteiger partial charge in [-0.2, -0.15) is 0 Å². The van der Waals surface area contributed by atoms with Crippen molar-refractivity contribution in [1.29, 1.82) is 0 Å². The third kappa shape index (κ3) is 4.92. The Labute approximate surface area is 193 Å². The highest BCUT2D eigenvalue weighted by Crippen LogP contribution is 2.42. The average Bonchev–Trinajstić information content (AvgIpc) is 2.82. The van der Waals surface area contributed by atoms with E-state index >= 15 is 0 Å². The fourth-order valence-electron chi connectivity index (χ4n) is 3.83. The van der Waals surface area contributed by atoms with Crippen LogP contribution in [-0.4, -0.2) is 19.2 Å². The molecule has 1 aliphatic carbocycles. The van der Waals surface area contributed by atoms with Gasteiger partial charge in [0.05, 0.1) is 18.8 Å². The summed E-state index contributed by atoms with van der Waals surface area (Å²) < 4.78 is 17.5. The Morgan fingerprint density at radius 1 is 0.879 bits per heavy atom. The van der Waals surface area contributed by atoms with Gasteiger partial charge < -0.3 is 13.9 Å². The molecule has 1 heterocycles. The van der Waals surface area contributed by atoms with E-state index in [1.807, 2.05) is 36.4 Å². The Bertz CT molecular complexity index is 1290. The lowest BCUT2D eigenvalue weighted by atomic mass is 9.91. The fourth-order valence-corrected chi connectivity index (χ4v) is 3.83. The molecular formula is C28H28O5. The highest BCUT2D eigenvalue weighted by atomic mass is 16.5. The van der Waals surface area contributed by atoms with Gasteiger partial charge in [-0.3, -0.25) is 4.79 Å². The van der Waals surface area contributed by atoms with E-state index in [1.165, 1.54) is 12.1 Å². The lowest BCUT2D eigenvalue weighted by Gasteiger charge is -2.18. The number of hydrogen-bond acceptors (Lipinski definition) is 5. The van der Waals surface area contributed by atoms with E-state index in [4.69, 9.17) is 13.9 Å². The van der Waals surface area contributed by atoms with Crippen molar-refractivity contribution < 1.29 is 18.7 Å². The Kier molecular flexibility index (Phi) is 7.08. The first-order valence-corrected chi connectivity index (χ1v) is 11.5. The molecule has 0 bridgehead atoms. The van der Waals surface area contributed by atoms with Crippen molar-refractivity contribution in [2.24, 2.45) is 0 Å². The number of hydrogen-bond donors (Lipinski definition) is 0. The van der Waals surface area contributed by atoms with Crippen molar-refractivity contribution in [2.75, 3.05) is 13.2 Å². The minimum atomic E-state index is -0.360. The number of carbonyl (C=O) groups excluding carboxylic acids is 1. The second kappa shape index (κ2) is 10.3. The first-order valence-electron chi connectivity index (χ1n) is 11.5. The van der Waals surface area contributed by atoms with Gasteiger partial charge in [0.15, 0.2) is 5.43 Å². The molecule has 4 rings (SSSR count). The van der Waals surface area contributed by atoms with Crippen LogP contribution >= 0.6 is 0 Å². The topological polar surface area (TPSA) is 65.7 Å². The molecule has 33 heavy (non-hydrogen) atoms. The largest absolute Gasteiger partial charge is 0.493 e. The van der Waals surface area contributed by atoms with Gasteiger partial charge in [0.1, 0.15) is 17.1 Å². The van der Waals surface area contributed by atoms with Crippen LogP contribution in [0, 0.1) is 0 Å². The molecule has 0 atom stereocenters. The summed E-state index contributed by atoms with van der Waals surface area (Å²) in [5.74, 6) is 0.807. The monoisotopic (exact) mass is 444 g/mol. The summed E-state index contributed by atoms with van der Waals surface area (Å²) in [6, 6.07) is 17.8. The van der Waals surface area contributed by atoms with Crippen LogP contribution in [0.5, 0.6) is 5.75 Å². The maximum atomic E-state index is 12.9. The van der Waals surface area contributed by atoms with Gasteiger partial charge in [0.2, 0.25) is 0 Å². The van der Waals surface area contributed by atoms with Gasteiger partial charge in [-0.25, -0.2) is 4.79 Å². The van der Waals surface area contributed by atoms with Crippen molar-refractivity contribution in [3.05, 3.63) is 76.5 Å². The van der Waals surface area contributed by atoms with Gasteiger partial charge in [-0.15, -0.1) is 0 Å². The lowest BCUT2D eigenvalue weighted by Crippen LogP contribution is -2.08. The van der Waals surface area contributed by atoms with Crippen LogP contribution in [0.15, 0.2) is 69.9 Å². The molecule has 1 aliphatic heterocycles. The van der Waals surface area contributed by atoms with E-state index < -0.39 is 0 Å². The second-order valence-electron chi connectivity index (χ2n) is 8.03. The predicted molar refractivity (Wildman–Crippen MR) is 130 cm³/mol. The second-order valence-corrected chi connectivity index (χ2v) is 8.03. The summed E-state index contributed by atoms with van der Waals surface area (Å²) in [6.45, 7) is 5.17. The zero-order valence-electron chi connectivity index (χ0n) is 19.1. The first kappa shape index (κ1) is 22.6. The third-order valence-corrected chi connectivity index (χ3v) is 5.58. The Hall–Kier alpha value is -3.60. The summed E-state index contributed by atoms with van der Waals surface area (Å²) in [5, 5.41) is 0.831. The van der Waals surface area contributed by atoms with Crippen molar-refractivity contribution in [3.63, 3.8) is 0 Å². The minimum Gasteiger partial charge on any atom is -0.493 e. The van der Waals surface area contributed by atoms with E-state index in [-0.39, 0.29) is 11.4 Å². The molecule has 0 N–H and O–H groups in total. The molecule has 0 saturated carbocycles. The van der Waals surface area contributed by atoms with Gasteiger partial charge in [-0.1, -0.05) is 44.9 Å². The Balaban J connectivity index is 1.89. The van der Waals surface area contributed by atoms with Crippen LogP contribution in [0.2, 0.25) is 0 Å². The molecule has 2 aromatic carbocycles. The van der Waals surface area contributed by atoms with Gasteiger partial charge in [-0.05, 0) is 48.7 Å². The smallest absolute Gasteiger partial charge is 0.338 e. The Morgan fingerprint density at radius 3 is 2.48 bits per heavy atom. The predicted octanol–water partition coefficient (Wildman–Crippen LogP) is 6.70. The van der Waals surface area contributed by atoms with Gasteiger partial charge in [0.25, 0.3) is 0 Å². The van der Waals surface area contributed by atoms with Crippen molar-refractivity contribution in [3.8, 4) is 28.2 Å². The first-order chi connectivity index (χ1) is 16.1. The van der Waals surface area contributed by atoms with Crippen LogP contribution in [0.3, 0.4) is 0 Å². The maximum absolute atomic E-state index is 12.9. The molecule has 0 aromatic heterocycles. The van der Waals surface area contributed by atoms with E-state index in [2.05, 4.69) is 13.8 Å². The molecule has 0 saturated heterocycles. The van der Waals surface area contributed by atoms with Crippen LogP contribution in [-0.2, 0) is 4.74 Å². The minimum absolute atomic E-state index is 0.140. The number of rotatable bonds is 9. The van der Waals surface area contributed by atoms with Crippen LogP contribution in [0.1, 0.15) is 49.9 Å². The van der Waals surface area contributed by atoms with Gasteiger partial charge in [0, 0.05) is 28.6 Å². The fraction of sp³-hybridized carbons (Fsp3) is 0.286. The van der Waals surface area contributed by atoms with Crippen LogP contribution in [0.25, 0.3) is 33.4 Å². The third-order valence-electron chi connectivity index (χ3n) is 5.58. The van der Waals surface area contributed by atoms with Crippen LogP contribution < -0.4 is 10.2 Å². The summed E-state index contributed by atoms with van der Waals surface area (Å²) in [4.78, 5) is 25.0. The molecular weight excluding hydrogens is 416 g/mol. The Morgan fingerprint density at radius 2 is 1.67 bits per heavy atom. The molecule has 2 aromatic rings. The molecule has 2 aliphatic rings. The van der Waals surface area contributed by atoms with Gasteiger partial charge >= 0.3 is 5.97 Å². The molecule has 0 fully saturated rings. The molecule has 0 unspecified atom stereocenters. The van der Waals surface area contributed by atoms with E-state index in [0.717, 1.165) is 47.8 Å². The molecule has 5 nitrogen and oxygen atoms in total. The zero-order chi connectivity index (χ0) is 23.2. The summed E-state index contributed by atoms with van der Waals surface area (Å²) in [6.07, 6.45) is 3.77. The van der Waals surface area contributed by atoms with E-state index in [0.29, 0.717) is 35.9 Å². The van der Waals surface area contributed by atoms with E-state index in [9.17, 15) is 9.59 Å². The molecule has 0 spiro atoms. The van der Waals surface area contributed by atoms with E-state index in [1.54, 1.807) is 12.1 Å². The summed E-state index contributed by atoms with van der Waals surface area (Å²) in [5.41, 5.74) is 3.26. The van der Waals surface area contributed by atoms with Crippen LogP contribution in [0.4, 0.5) is 0 Å². The number of benzene rings is 3. The zero-order valence-corrected chi connectivity index (χ0v) is 19.1. The van der Waals surface area contributed by atoms with Crippen molar-refractivity contribution in [1.82, 2.24) is 0 Å². The average molecular weight is 445 g/mol. The molecule has 5 heteroatoms. The number of ether oxygens (including phenoxy) is 2. The highest BCUT2D eigenvalue weighted by molar-refractivity contribution is 6.07. The number of unbranched alkanes of at least 4 members (excludes halogenated alkanes) is 2. The van der Waals surface area contributed by atoms with Crippen molar-refractivity contribution >= 4 is 16.9 Å². The molecule has 0 radical (unpaired) electrons. The SMILES string of the molecule is CCCCOC(=O)c1ccccc1-c1c2ccc(=O)cc-2oc2cc(OCCCC)ccc12. The lowest BCUT2D eigenvalue weighted by molar-refractivity contribution is 0.0500.